The molecule has 0 aliphatic rings. The first-order chi connectivity index (χ1) is 11.0. The Kier molecular flexibility index (Phi) is 4.40. The second-order valence-electron chi connectivity index (χ2n) is 4.46. The standard InChI is InChI=1S/C15H9ClF2N2O2S/c16-10-4-2-1-3-9(10)13(21)20-15-19-11-6-5-8(22-14(17)18)7-12(11)23-15/h1-7,14H,(H,19,20,21). The summed E-state index contributed by atoms with van der Waals surface area (Å²) in [5.74, 6) is -0.348. The van der Waals surface area contributed by atoms with Gasteiger partial charge in [0.15, 0.2) is 5.13 Å². The van der Waals surface area contributed by atoms with E-state index >= 15 is 0 Å². The smallest absolute Gasteiger partial charge is 0.387 e. The summed E-state index contributed by atoms with van der Waals surface area (Å²) in [7, 11) is 0. The van der Waals surface area contributed by atoms with Crippen molar-refractivity contribution in [2.75, 3.05) is 5.32 Å². The van der Waals surface area contributed by atoms with E-state index in [4.69, 9.17) is 11.6 Å². The van der Waals surface area contributed by atoms with Crippen molar-refractivity contribution in [3.63, 3.8) is 0 Å². The number of fused-ring (bicyclic) bond motifs is 1. The van der Waals surface area contributed by atoms with Crippen molar-refractivity contribution in [1.82, 2.24) is 4.98 Å². The van der Waals surface area contributed by atoms with E-state index in [0.717, 1.165) is 11.3 Å². The van der Waals surface area contributed by atoms with Gasteiger partial charge < -0.3 is 4.74 Å². The number of anilines is 1. The van der Waals surface area contributed by atoms with Crippen molar-refractivity contribution < 1.29 is 18.3 Å². The molecular formula is C15H9ClF2N2O2S. The maximum atomic E-state index is 12.2. The first kappa shape index (κ1) is 15.6. The zero-order valence-electron chi connectivity index (χ0n) is 11.4. The first-order valence-electron chi connectivity index (χ1n) is 6.44. The summed E-state index contributed by atoms with van der Waals surface area (Å²) in [5, 5.41) is 3.32. The third-order valence-corrected chi connectivity index (χ3v) is 4.19. The van der Waals surface area contributed by atoms with Crippen molar-refractivity contribution in [1.29, 1.82) is 0 Å². The highest BCUT2D eigenvalue weighted by molar-refractivity contribution is 7.22. The second kappa shape index (κ2) is 6.47. The normalized spacial score (nSPS) is 11.0. The van der Waals surface area contributed by atoms with Crippen LogP contribution in [0.1, 0.15) is 10.4 Å². The Hall–Kier alpha value is -2.25. The monoisotopic (exact) mass is 354 g/mol. The van der Waals surface area contributed by atoms with Crippen LogP contribution in [0.15, 0.2) is 42.5 Å². The van der Waals surface area contributed by atoms with E-state index < -0.39 is 12.5 Å². The van der Waals surface area contributed by atoms with Gasteiger partial charge in [-0.15, -0.1) is 0 Å². The Morgan fingerprint density at radius 2 is 2.04 bits per heavy atom. The number of halogens is 3. The largest absolute Gasteiger partial charge is 0.435 e. The Morgan fingerprint density at radius 3 is 2.78 bits per heavy atom. The summed E-state index contributed by atoms with van der Waals surface area (Å²) < 4.78 is 29.4. The molecule has 1 amide bonds. The lowest BCUT2D eigenvalue weighted by atomic mass is 10.2. The minimum atomic E-state index is -2.89. The minimum absolute atomic E-state index is 0.0418. The highest BCUT2D eigenvalue weighted by atomic mass is 35.5. The number of aromatic nitrogens is 1. The number of ether oxygens (including phenoxy) is 1. The molecule has 0 saturated carbocycles. The summed E-state index contributed by atoms with van der Waals surface area (Å²) in [4.78, 5) is 16.4. The first-order valence-corrected chi connectivity index (χ1v) is 7.63. The molecule has 0 aliphatic heterocycles. The Labute approximate surface area is 138 Å². The van der Waals surface area contributed by atoms with E-state index in [0.29, 0.717) is 25.9 Å². The number of amides is 1. The van der Waals surface area contributed by atoms with Gasteiger partial charge in [-0.1, -0.05) is 35.1 Å². The fourth-order valence-electron chi connectivity index (χ4n) is 1.94. The van der Waals surface area contributed by atoms with Crippen molar-refractivity contribution in [3.05, 3.63) is 53.1 Å². The van der Waals surface area contributed by atoms with E-state index in [-0.39, 0.29) is 5.75 Å². The van der Waals surface area contributed by atoms with E-state index in [9.17, 15) is 13.6 Å². The van der Waals surface area contributed by atoms with Crippen LogP contribution in [0.2, 0.25) is 5.02 Å². The lowest BCUT2D eigenvalue weighted by Gasteiger charge is -2.02. The highest BCUT2D eigenvalue weighted by Crippen LogP contribution is 2.30. The number of hydrogen-bond acceptors (Lipinski definition) is 4. The molecule has 118 valence electrons. The molecule has 0 fully saturated rings. The summed E-state index contributed by atoms with van der Waals surface area (Å²) in [6, 6.07) is 11.0. The van der Waals surface area contributed by atoms with Gasteiger partial charge in [0.2, 0.25) is 0 Å². The number of carbonyl (C=O) groups is 1. The molecular weight excluding hydrogens is 346 g/mol. The molecule has 1 aromatic heterocycles. The van der Waals surface area contributed by atoms with Crippen molar-refractivity contribution in [2.24, 2.45) is 0 Å². The van der Waals surface area contributed by atoms with Crippen LogP contribution in [0.4, 0.5) is 13.9 Å². The predicted octanol–water partition coefficient (Wildman–Crippen LogP) is 4.80. The van der Waals surface area contributed by atoms with Gasteiger partial charge in [-0.05, 0) is 30.3 Å². The average molecular weight is 355 g/mol. The molecule has 2 aromatic carbocycles. The Bertz CT molecular complexity index is 870. The van der Waals surface area contributed by atoms with Crippen LogP contribution in [-0.2, 0) is 0 Å². The van der Waals surface area contributed by atoms with Gasteiger partial charge in [-0.2, -0.15) is 8.78 Å². The summed E-state index contributed by atoms with van der Waals surface area (Å²) in [5.41, 5.74) is 0.904. The number of alkyl halides is 2. The van der Waals surface area contributed by atoms with Gasteiger partial charge in [-0.25, -0.2) is 4.98 Å². The maximum Gasteiger partial charge on any atom is 0.387 e. The van der Waals surface area contributed by atoms with Crippen molar-refractivity contribution >= 4 is 44.2 Å². The summed E-state index contributed by atoms with van der Waals surface area (Å²) in [6.07, 6.45) is 0. The van der Waals surface area contributed by atoms with Gasteiger partial charge in [0.1, 0.15) is 5.75 Å². The van der Waals surface area contributed by atoms with E-state index in [1.165, 1.54) is 12.1 Å². The van der Waals surface area contributed by atoms with Crippen LogP contribution >= 0.6 is 22.9 Å². The highest BCUT2D eigenvalue weighted by Gasteiger charge is 2.13. The summed E-state index contributed by atoms with van der Waals surface area (Å²) in [6.45, 7) is -2.89. The molecule has 0 aliphatic carbocycles. The van der Waals surface area contributed by atoms with Crippen LogP contribution in [0, 0.1) is 0 Å². The lowest BCUT2D eigenvalue weighted by Crippen LogP contribution is -2.11. The molecule has 3 rings (SSSR count). The Balaban J connectivity index is 1.83. The fourth-order valence-corrected chi connectivity index (χ4v) is 3.06. The third kappa shape index (κ3) is 3.57. The SMILES string of the molecule is O=C(Nc1nc2ccc(OC(F)F)cc2s1)c1ccccc1Cl. The number of carbonyl (C=O) groups excluding carboxylic acids is 1. The zero-order valence-corrected chi connectivity index (χ0v) is 13.0. The zero-order chi connectivity index (χ0) is 16.4. The van der Waals surface area contributed by atoms with Crippen LogP contribution < -0.4 is 10.1 Å². The van der Waals surface area contributed by atoms with Gasteiger partial charge in [0, 0.05) is 0 Å². The molecule has 0 saturated heterocycles. The lowest BCUT2D eigenvalue weighted by molar-refractivity contribution is -0.0497. The molecule has 0 atom stereocenters. The number of benzene rings is 2. The van der Waals surface area contributed by atoms with Crippen molar-refractivity contribution in [2.45, 2.75) is 6.61 Å². The maximum absolute atomic E-state index is 12.2. The van der Waals surface area contributed by atoms with Gasteiger partial charge in [0.25, 0.3) is 5.91 Å². The molecule has 0 radical (unpaired) electrons. The third-order valence-electron chi connectivity index (χ3n) is 2.92. The molecule has 23 heavy (non-hydrogen) atoms. The van der Waals surface area contributed by atoms with Crippen LogP contribution in [-0.4, -0.2) is 17.5 Å². The van der Waals surface area contributed by atoms with Gasteiger partial charge >= 0.3 is 6.61 Å². The average Bonchev–Trinajstić information content (AvgIpc) is 2.88. The molecule has 0 unspecified atom stereocenters. The topological polar surface area (TPSA) is 51.2 Å². The van der Waals surface area contributed by atoms with Gasteiger partial charge in [0.05, 0.1) is 20.8 Å². The van der Waals surface area contributed by atoms with Crippen molar-refractivity contribution in [3.8, 4) is 5.75 Å². The molecule has 1 N–H and O–H groups in total. The van der Waals surface area contributed by atoms with E-state index in [1.54, 1.807) is 30.3 Å². The Morgan fingerprint density at radius 1 is 1.26 bits per heavy atom. The molecule has 0 bridgehead atoms. The molecule has 8 heteroatoms. The number of rotatable bonds is 4. The van der Waals surface area contributed by atoms with Gasteiger partial charge in [-0.3, -0.25) is 10.1 Å². The minimum Gasteiger partial charge on any atom is -0.435 e. The number of thiazole rings is 1. The molecule has 4 nitrogen and oxygen atoms in total. The quantitative estimate of drug-likeness (QED) is 0.732. The van der Waals surface area contributed by atoms with Crippen LogP contribution in [0.3, 0.4) is 0 Å². The second-order valence-corrected chi connectivity index (χ2v) is 5.90. The predicted molar refractivity (Wildman–Crippen MR) is 85.7 cm³/mol. The fraction of sp³-hybridized carbons (Fsp3) is 0.0667. The summed E-state index contributed by atoms with van der Waals surface area (Å²) >= 11 is 7.12. The van der Waals surface area contributed by atoms with Crippen LogP contribution in [0.25, 0.3) is 10.2 Å². The van der Waals surface area contributed by atoms with E-state index in [2.05, 4.69) is 15.0 Å². The molecule has 0 spiro atoms. The molecule has 1 heterocycles. The number of nitrogens with zero attached hydrogens (tertiary/aromatic N) is 1. The molecule has 3 aromatic rings. The number of hydrogen-bond donors (Lipinski definition) is 1. The van der Waals surface area contributed by atoms with Crippen LogP contribution in [0.5, 0.6) is 5.75 Å². The van der Waals surface area contributed by atoms with E-state index in [1.807, 2.05) is 0 Å². The number of nitrogens with one attached hydrogen (secondary N) is 1.